The van der Waals surface area contributed by atoms with Crippen molar-refractivity contribution in [2.24, 2.45) is 5.73 Å². The van der Waals surface area contributed by atoms with Crippen LogP contribution >= 0.6 is 0 Å². The van der Waals surface area contributed by atoms with E-state index in [4.69, 9.17) is 10.5 Å². The van der Waals surface area contributed by atoms with Gasteiger partial charge in [-0.15, -0.1) is 0 Å². The predicted molar refractivity (Wildman–Crippen MR) is 82.8 cm³/mol. The number of rotatable bonds is 4. The van der Waals surface area contributed by atoms with Gasteiger partial charge in [0.2, 0.25) is 0 Å². The number of fused-ring (bicyclic) bond motifs is 1. The normalized spacial score (nSPS) is 12.3. The zero-order valence-corrected chi connectivity index (χ0v) is 11.5. The molecule has 0 heterocycles. The predicted octanol–water partition coefficient (Wildman–Crippen LogP) is 4.06. The SMILES string of the molecule is NCC(Oc1cccc2ccccc12)c1ccccc1F. The molecule has 21 heavy (non-hydrogen) atoms. The van der Waals surface area contributed by atoms with Crippen LogP contribution in [0, 0.1) is 5.82 Å². The molecule has 0 radical (unpaired) electrons. The van der Waals surface area contributed by atoms with E-state index in [2.05, 4.69) is 0 Å². The molecule has 3 rings (SSSR count). The summed E-state index contributed by atoms with van der Waals surface area (Å²) in [4.78, 5) is 0. The fourth-order valence-electron chi connectivity index (χ4n) is 2.43. The molecule has 0 bridgehead atoms. The molecule has 3 aromatic carbocycles. The third-order valence-electron chi connectivity index (χ3n) is 3.49. The highest BCUT2D eigenvalue weighted by Crippen LogP contribution is 2.30. The summed E-state index contributed by atoms with van der Waals surface area (Å²) < 4.78 is 19.9. The molecule has 0 aliphatic carbocycles. The number of hydrogen-bond acceptors (Lipinski definition) is 2. The average Bonchev–Trinajstić information content (AvgIpc) is 2.53. The topological polar surface area (TPSA) is 35.2 Å². The van der Waals surface area contributed by atoms with Crippen molar-refractivity contribution in [3.8, 4) is 5.75 Å². The van der Waals surface area contributed by atoms with E-state index in [0.29, 0.717) is 11.3 Å². The molecule has 1 unspecified atom stereocenters. The Morgan fingerprint density at radius 2 is 1.62 bits per heavy atom. The first-order chi connectivity index (χ1) is 10.3. The number of nitrogens with two attached hydrogens (primary N) is 1. The van der Waals surface area contributed by atoms with Crippen molar-refractivity contribution in [2.75, 3.05) is 6.54 Å². The highest BCUT2D eigenvalue weighted by Gasteiger charge is 2.16. The molecular formula is C18H16FNO. The Hall–Kier alpha value is -2.39. The summed E-state index contributed by atoms with van der Waals surface area (Å²) >= 11 is 0. The molecular weight excluding hydrogens is 265 g/mol. The summed E-state index contributed by atoms with van der Waals surface area (Å²) in [6.07, 6.45) is -0.503. The third kappa shape index (κ3) is 2.73. The molecule has 3 heteroatoms. The van der Waals surface area contributed by atoms with Crippen molar-refractivity contribution in [2.45, 2.75) is 6.10 Å². The fraction of sp³-hybridized carbons (Fsp3) is 0.111. The third-order valence-corrected chi connectivity index (χ3v) is 3.49. The van der Waals surface area contributed by atoms with Gasteiger partial charge in [-0.05, 0) is 17.5 Å². The van der Waals surface area contributed by atoms with Crippen LogP contribution in [0.3, 0.4) is 0 Å². The molecule has 0 aliphatic rings. The second-order valence-corrected chi connectivity index (χ2v) is 4.84. The monoisotopic (exact) mass is 281 g/mol. The maximum atomic E-state index is 13.9. The molecule has 3 aromatic rings. The van der Waals surface area contributed by atoms with E-state index in [0.717, 1.165) is 10.8 Å². The van der Waals surface area contributed by atoms with Gasteiger partial charge in [-0.2, -0.15) is 0 Å². The first kappa shape index (κ1) is 13.6. The van der Waals surface area contributed by atoms with Crippen molar-refractivity contribution in [3.05, 3.63) is 78.1 Å². The average molecular weight is 281 g/mol. The van der Waals surface area contributed by atoms with Crippen LogP contribution in [0.15, 0.2) is 66.7 Å². The lowest BCUT2D eigenvalue weighted by atomic mass is 10.1. The molecule has 0 saturated heterocycles. The molecule has 1 atom stereocenters. The zero-order chi connectivity index (χ0) is 14.7. The van der Waals surface area contributed by atoms with Gasteiger partial charge in [0, 0.05) is 17.5 Å². The number of halogens is 1. The van der Waals surface area contributed by atoms with Gasteiger partial charge in [-0.3, -0.25) is 0 Å². The molecule has 106 valence electrons. The zero-order valence-electron chi connectivity index (χ0n) is 11.5. The molecule has 0 saturated carbocycles. The van der Waals surface area contributed by atoms with Gasteiger partial charge in [-0.1, -0.05) is 54.6 Å². The van der Waals surface area contributed by atoms with E-state index in [1.54, 1.807) is 18.2 Å². The molecule has 2 N–H and O–H groups in total. The Balaban J connectivity index is 1.98. The second-order valence-electron chi connectivity index (χ2n) is 4.84. The van der Waals surface area contributed by atoms with Crippen molar-refractivity contribution in [3.63, 3.8) is 0 Å². The van der Waals surface area contributed by atoms with Gasteiger partial charge in [0.05, 0.1) is 0 Å². The van der Waals surface area contributed by atoms with E-state index < -0.39 is 6.10 Å². The second kappa shape index (κ2) is 5.94. The Kier molecular flexibility index (Phi) is 3.84. The van der Waals surface area contributed by atoms with Crippen LogP contribution in [0.4, 0.5) is 4.39 Å². The van der Waals surface area contributed by atoms with Gasteiger partial charge in [-0.25, -0.2) is 4.39 Å². The van der Waals surface area contributed by atoms with Crippen LogP contribution in [-0.2, 0) is 0 Å². The smallest absolute Gasteiger partial charge is 0.139 e. The standard InChI is InChI=1S/C18H16FNO/c19-16-10-4-3-9-15(16)18(12-20)21-17-11-5-7-13-6-1-2-8-14(13)17/h1-11,18H,12,20H2. The Morgan fingerprint density at radius 3 is 2.43 bits per heavy atom. The first-order valence-corrected chi connectivity index (χ1v) is 6.88. The van der Waals surface area contributed by atoms with Crippen LogP contribution in [0.2, 0.25) is 0 Å². The largest absolute Gasteiger partial charge is 0.484 e. The van der Waals surface area contributed by atoms with Crippen molar-refractivity contribution in [1.82, 2.24) is 0 Å². The Morgan fingerprint density at radius 1 is 0.905 bits per heavy atom. The molecule has 2 nitrogen and oxygen atoms in total. The summed E-state index contributed by atoms with van der Waals surface area (Å²) in [6.45, 7) is 0.212. The summed E-state index contributed by atoms with van der Waals surface area (Å²) in [5.74, 6) is 0.417. The van der Waals surface area contributed by atoms with Crippen LogP contribution in [0.25, 0.3) is 10.8 Å². The fourth-order valence-corrected chi connectivity index (χ4v) is 2.43. The Bertz CT molecular complexity index is 752. The molecule has 0 spiro atoms. The van der Waals surface area contributed by atoms with E-state index in [1.165, 1.54) is 6.07 Å². The van der Waals surface area contributed by atoms with Crippen LogP contribution in [-0.4, -0.2) is 6.54 Å². The van der Waals surface area contributed by atoms with E-state index >= 15 is 0 Å². The number of benzene rings is 3. The van der Waals surface area contributed by atoms with Gasteiger partial charge >= 0.3 is 0 Å². The highest BCUT2D eigenvalue weighted by atomic mass is 19.1. The number of ether oxygens (including phenoxy) is 1. The quantitative estimate of drug-likeness (QED) is 0.782. The van der Waals surface area contributed by atoms with Crippen LogP contribution in [0.1, 0.15) is 11.7 Å². The van der Waals surface area contributed by atoms with Crippen molar-refractivity contribution < 1.29 is 9.13 Å². The molecule has 0 fully saturated rings. The van der Waals surface area contributed by atoms with Gasteiger partial charge in [0.25, 0.3) is 0 Å². The summed E-state index contributed by atoms with van der Waals surface area (Å²) in [7, 11) is 0. The van der Waals surface area contributed by atoms with Crippen LogP contribution < -0.4 is 10.5 Å². The van der Waals surface area contributed by atoms with Crippen molar-refractivity contribution >= 4 is 10.8 Å². The first-order valence-electron chi connectivity index (χ1n) is 6.88. The van der Waals surface area contributed by atoms with Crippen LogP contribution in [0.5, 0.6) is 5.75 Å². The Labute approximate surface area is 123 Å². The van der Waals surface area contributed by atoms with E-state index in [9.17, 15) is 4.39 Å². The maximum Gasteiger partial charge on any atom is 0.139 e. The molecule has 0 aromatic heterocycles. The van der Waals surface area contributed by atoms with E-state index in [-0.39, 0.29) is 12.4 Å². The molecule has 0 aliphatic heterocycles. The van der Waals surface area contributed by atoms with E-state index in [1.807, 2.05) is 42.5 Å². The maximum absolute atomic E-state index is 13.9. The lowest BCUT2D eigenvalue weighted by Gasteiger charge is -2.19. The minimum atomic E-state index is -0.503. The minimum absolute atomic E-state index is 0.212. The van der Waals surface area contributed by atoms with Gasteiger partial charge < -0.3 is 10.5 Å². The summed E-state index contributed by atoms with van der Waals surface area (Å²) in [5.41, 5.74) is 6.25. The lowest BCUT2D eigenvalue weighted by molar-refractivity contribution is 0.212. The van der Waals surface area contributed by atoms with Gasteiger partial charge in [0.15, 0.2) is 0 Å². The highest BCUT2D eigenvalue weighted by molar-refractivity contribution is 5.88. The number of hydrogen-bond donors (Lipinski definition) is 1. The van der Waals surface area contributed by atoms with Crippen molar-refractivity contribution in [1.29, 1.82) is 0 Å². The summed E-state index contributed by atoms with van der Waals surface area (Å²) in [6, 6.07) is 20.3. The molecule has 0 amide bonds. The lowest BCUT2D eigenvalue weighted by Crippen LogP contribution is -2.19. The minimum Gasteiger partial charge on any atom is -0.484 e. The summed E-state index contributed by atoms with van der Waals surface area (Å²) in [5, 5.41) is 2.08. The van der Waals surface area contributed by atoms with Gasteiger partial charge in [0.1, 0.15) is 17.7 Å².